The lowest BCUT2D eigenvalue weighted by Crippen LogP contribution is -2.16. The predicted octanol–water partition coefficient (Wildman–Crippen LogP) is 2.88. The molecule has 1 aromatic rings. The fourth-order valence-electron chi connectivity index (χ4n) is 1.54. The number of carboxylic acid groups (broad SMARTS) is 1. The smallest absolute Gasteiger partial charge is 0.307 e. The molecule has 0 aliphatic carbocycles. The Hall–Kier alpha value is -1.51. The average Bonchev–Trinajstić information content (AvgIpc) is 2.20. The number of hydrogen-bond acceptors (Lipinski definition) is 2. The number of rotatable bonds is 6. The first-order valence-electron chi connectivity index (χ1n) is 5.59. The molecule has 1 aromatic carbocycles. The van der Waals surface area contributed by atoms with E-state index in [9.17, 15) is 4.79 Å². The molecule has 0 aliphatic rings. The Balaban J connectivity index is 2.51. The minimum absolute atomic E-state index is 0.0245. The molecule has 0 aromatic heterocycles. The van der Waals surface area contributed by atoms with E-state index in [2.05, 4.69) is 6.92 Å². The Morgan fingerprint density at radius 3 is 2.50 bits per heavy atom. The number of carboxylic acids is 1. The van der Waals surface area contributed by atoms with E-state index in [-0.39, 0.29) is 12.5 Å². The number of aryl methyl sites for hydroxylation is 1. The zero-order valence-electron chi connectivity index (χ0n) is 9.77. The maximum Gasteiger partial charge on any atom is 0.307 e. The molecule has 0 aliphatic heterocycles. The molecule has 0 radical (unpaired) electrons. The number of carbonyl (C=O) groups is 1. The number of ether oxygens (including phenoxy) is 1. The maximum atomic E-state index is 10.5. The second-order valence-corrected chi connectivity index (χ2v) is 3.92. The summed E-state index contributed by atoms with van der Waals surface area (Å²) >= 11 is 0. The summed E-state index contributed by atoms with van der Waals surface area (Å²) in [6.07, 6.45) is 1.91. The van der Waals surface area contributed by atoms with Gasteiger partial charge in [-0.15, -0.1) is 0 Å². The van der Waals surface area contributed by atoms with Crippen LogP contribution in [0.15, 0.2) is 24.3 Å². The summed E-state index contributed by atoms with van der Waals surface area (Å²) < 4.78 is 5.48. The fourth-order valence-corrected chi connectivity index (χ4v) is 1.54. The monoisotopic (exact) mass is 222 g/mol. The lowest BCUT2D eigenvalue weighted by Gasteiger charge is -2.12. The highest BCUT2D eigenvalue weighted by Gasteiger charge is 2.08. The molecule has 0 saturated carbocycles. The van der Waals surface area contributed by atoms with Crippen molar-refractivity contribution in [3.63, 3.8) is 0 Å². The minimum atomic E-state index is -0.838. The van der Waals surface area contributed by atoms with Gasteiger partial charge in [0.2, 0.25) is 0 Å². The lowest BCUT2D eigenvalue weighted by molar-refractivity contribution is -0.138. The van der Waals surface area contributed by atoms with E-state index < -0.39 is 5.97 Å². The molecule has 0 saturated heterocycles. The van der Waals surface area contributed by atoms with Crippen LogP contribution < -0.4 is 4.74 Å². The van der Waals surface area contributed by atoms with Gasteiger partial charge in [0.05, 0.1) is 6.42 Å². The van der Waals surface area contributed by atoms with Crippen molar-refractivity contribution in [2.24, 2.45) is 0 Å². The van der Waals surface area contributed by atoms with E-state index in [1.807, 2.05) is 24.3 Å². The molecule has 16 heavy (non-hydrogen) atoms. The quantitative estimate of drug-likeness (QED) is 0.805. The molecule has 0 fully saturated rings. The Kier molecular flexibility index (Phi) is 4.83. The van der Waals surface area contributed by atoms with Crippen molar-refractivity contribution in [1.29, 1.82) is 0 Å². The van der Waals surface area contributed by atoms with Crippen molar-refractivity contribution in [2.75, 3.05) is 0 Å². The van der Waals surface area contributed by atoms with E-state index in [0.717, 1.165) is 18.6 Å². The Morgan fingerprint density at radius 2 is 2.00 bits per heavy atom. The van der Waals surface area contributed by atoms with Crippen LogP contribution >= 0.6 is 0 Å². The van der Waals surface area contributed by atoms with Gasteiger partial charge in [0.1, 0.15) is 11.9 Å². The number of aliphatic carboxylic acids is 1. The molecule has 1 atom stereocenters. The van der Waals surface area contributed by atoms with E-state index >= 15 is 0 Å². The number of hydrogen-bond donors (Lipinski definition) is 1. The highest BCUT2D eigenvalue weighted by atomic mass is 16.5. The van der Waals surface area contributed by atoms with Gasteiger partial charge < -0.3 is 9.84 Å². The summed E-state index contributed by atoms with van der Waals surface area (Å²) in [6, 6.07) is 7.82. The van der Waals surface area contributed by atoms with Crippen molar-refractivity contribution in [2.45, 2.75) is 39.2 Å². The Labute approximate surface area is 96.1 Å². The van der Waals surface area contributed by atoms with E-state index in [1.54, 1.807) is 6.92 Å². The average molecular weight is 222 g/mol. The largest absolute Gasteiger partial charge is 0.490 e. The maximum absolute atomic E-state index is 10.5. The van der Waals surface area contributed by atoms with Gasteiger partial charge in [-0.1, -0.05) is 25.5 Å². The van der Waals surface area contributed by atoms with E-state index in [4.69, 9.17) is 9.84 Å². The van der Waals surface area contributed by atoms with Crippen LogP contribution in [0, 0.1) is 0 Å². The molecule has 0 spiro atoms. The topological polar surface area (TPSA) is 46.5 Å². The Bertz CT molecular complexity index is 330. The van der Waals surface area contributed by atoms with Crippen LogP contribution in [0.3, 0.4) is 0 Å². The third kappa shape index (κ3) is 4.34. The van der Waals surface area contributed by atoms with Crippen LogP contribution in [0.5, 0.6) is 5.75 Å². The summed E-state index contributed by atoms with van der Waals surface area (Å²) in [6.45, 7) is 3.90. The highest BCUT2D eigenvalue weighted by molar-refractivity contribution is 5.67. The van der Waals surface area contributed by atoms with Crippen molar-refractivity contribution in [3.8, 4) is 5.75 Å². The Morgan fingerprint density at radius 1 is 1.38 bits per heavy atom. The molecule has 1 rings (SSSR count). The second-order valence-electron chi connectivity index (χ2n) is 3.92. The van der Waals surface area contributed by atoms with Crippen molar-refractivity contribution in [3.05, 3.63) is 29.8 Å². The van der Waals surface area contributed by atoms with Gasteiger partial charge in [0.25, 0.3) is 0 Å². The SMILES string of the molecule is CCCc1ccc(OC(C)CC(=O)O)cc1. The van der Waals surface area contributed by atoms with Crippen LogP contribution in [0.25, 0.3) is 0 Å². The van der Waals surface area contributed by atoms with Crippen LogP contribution in [-0.4, -0.2) is 17.2 Å². The van der Waals surface area contributed by atoms with Gasteiger partial charge in [0.15, 0.2) is 0 Å². The van der Waals surface area contributed by atoms with E-state index in [0.29, 0.717) is 0 Å². The zero-order valence-corrected chi connectivity index (χ0v) is 9.77. The summed E-state index contributed by atoms with van der Waals surface area (Å²) in [5, 5.41) is 8.60. The van der Waals surface area contributed by atoms with Gasteiger partial charge in [-0.3, -0.25) is 4.79 Å². The minimum Gasteiger partial charge on any atom is -0.490 e. The van der Waals surface area contributed by atoms with Gasteiger partial charge in [-0.25, -0.2) is 0 Å². The van der Waals surface area contributed by atoms with Crippen LogP contribution in [-0.2, 0) is 11.2 Å². The summed E-state index contributed by atoms with van der Waals surface area (Å²) in [5.74, 6) is -0.108. The van der Waals surface area contributed by atoms with E-state index in [1.165, 1.54) is 5.56 Å². The van der Waals surface area contributed by atoms with Crippen molar-refractivity contribution >= 4 is 5.97 Å². The van der Waals surface area contributed by atoms with Crippen molar-refractivity contribution in [1.82, 2.24) is 0 Å². The van der Waals surface area contributed by atoms with Crippen LogP contribution in [0.1, 0.15) is 32.3 Å². The molecular formula is C13H18O3. The predicted molar refractivity (Wildman–Crippen MR) is 62.8 cm³/mol. The molecule has 0 heterocycles. The lowest BCUT2D eigenvalue weighted by atomic mass is 10.1. The molecule has 1 unspecified atom stereocenters. The van der Waals surface area contributed by atoms with Crippen LogP contribution in [0.4, 0.5) is 0 Å². The van der Waals surface area contributed by atoms with Crippen LogP contribution in [0.2, 0.25) is 0 Å². The fraction of sp³-hybridized carbons (Fsp3) is 0.462. The molecule has 3 heteroatoms. The first-order valence-corrected chi connectivity index (χ1v) is 5.59. The highest BCUT2D eigenvalue weighted by Crippen LogP contribution is 2.15. The van der Waals surface area contributed by atoms with Gasteiger partial charge in [-0.2, -0.15) is 0 Å². The third-order valence-corrected chi connectivity index (χ3v) is 2.26. The summed E-state index contributed by atoms with van der Waals surface area (Å²) in [4.78, 5) is 10.5. The molecular weight excluding hydrogens is 204 g/mol. The second kappa shape index (κ2) is 6.16. The molecule has 1 N–H and O–H groups in total. The number of benzene rings is 1. The standard InChI is InChI=1S/C13H18O3/c1-3-4-11-5-7-12(8-6-11)16-10(2)9-13(14)15/h5-8,10H,3-4,9H2,1-2H3,(H,14,15). The van der Waals surface area contributed by atoms with Crippen molar-refractivity contribution < 1.29 is 14.6 Å². The first kappa shape index (κ1) is 12.6. The first-order chi connectivity index (χ1) is 7.61. The molecule has 0 bridgehead atoms. The zero-order chi connectivity index (χ0) is 12.0. The van der Waals surface area contributed by atoms with Gasteiger partial charge in [-0.05, 0) is 31.0 Å². The molecule has 3 nitrogen and oxygen atoms in total. The third-order valence-electron chi connectivity index (χ3n) is 2.26. The molecule has 88 valence electrons. The molecule has 0 amide bonds. The summed E-state index contributed by atoms with van der Waals surface area (Å²) in [7, 11) is 0. The summed E-state index contributed by atoms with van der Waals surface area (Å²) in [5.41, 5.74) is 1.28. The normalized spacial score (nSPS) is 12.1. The van der Waals surface area contributed by atoms with Gasteiger partial charge in [0, 0.05) is 0 Å². The van der Waals surface area contributed by atoms with Gasteiger partial charge >= 0.3 is 5.97 Å².